The number of carbonyl (C=O) groups excluding carboxylic acids is 1. The molecule has 0 aromatic heterocycles. The Morgan fingerprint density at radius 3 is 2.38 bits per heavy atom. The second-order valence-corrected chi connectivity index (χ2v) is 1.65. The number of aliphatic hydroxyl groups excluding tert-OH is 2. The Kier molecular flexibility index (Phi) is 1.19. The van der Waals surface area contributed by atoms with Crippen LogP contribution in [0.3, 0.4) is 0 Å². The predicted molar refractivity (Wildman–Crippen MR) is 22.7 cm³/mol. The van der Waals surface area contributed by atoms with Crippen molar-refractivity contribution in [1.82, 2.24) is 0 Å². The summed E-state index contributed by atoms with van der Waals surface area (Å²) >= 11 is 0. The Morgan fingerprint density at radius 2 is 2.25 bits per heavy atom. The van der Waals surface area contributed by atoms with Crippen LogP contribution in [-0.2, 0) is 9.53 Å². The van der Waals surface area contributed by atoms with Crippen LogP contribution in [0.5, 0.6) is 0 Å². The van der Waals surface area contributed by atoms with Gasteiger partial charge in [-0.1, -0.05) is 0 Å². The number of ether oxygens (including phenoxy) is 1. The maximum Gasteiger partial charge on any atom is 0.311 e. The van der Waals surface area contributed by atoms with Crippen LogP contribution in [0.1, 0.15) is 6.42 Å². The van der Waals surface area contributed by atoms with E-state index in [2.05, 4.69) is 4.74 Å². The molecule has 4 heteroatoms. The molecule has 0 aromatic rings. The Morgan fingerprint density at radius 1 is 1.62 bits per heavy atom. The van der Waals surface area contributed by atoms with Crippen molar-refractivity contribution < 1.29 is 19.7 Å². The lowest BCUT2D eigenvalue weighted by atomic mass is 10.3. The first-order valence-corrected chi connectivity index (χ1v) is 2.26. The van der Waals surface area contributed by atoms with Gasteiger partial charge in [0.15, 0.2) is 0 Å². The summed E-state index contributed by atoms with van der Waals surface area (Å²) in [6.07, 6.45) is -2.42. The molecule has 1 aliphatic heterocycles. The monoisotopic (exact) mass is 118 g/mol. The molecular formula is C4H6O4. The smallest absolute Gasteiger partial charge is 0.311 e. The number of hydrogen-bond donors (Lipinski definition) is 2. The third kappa shape index (κ3) is 0.801. The highest BCUT2D eigenvalue weighted by atomic mass is 16.7. The predicted octanol–water partition coefficient (Wildman–Crippen LogP) is -1.39. The fourth-order valence-corrected chi connectivity index (χ4v) is 0.533. The standard InChI is InChI=1S/C4H6O4/c5-2-1-3(6)8-4(2)7/h2,4-5,7H,1H2/t2-,4?/m0/s1. The summed E-state index contributed by atoms with van der Waals surface area (Å²) < 4.78 is 4.14. The SMILES string of the molecule is O=C1C[C@H](O)C(O)O1. The molecule has 0 amide bonds. The summed E-state index contributed by atoms with van der Waals surface area (Å²) in [7, 11) is 0. The number of rotatable bonds is 0. The molecule has 2 atom stereocenters. The minimum absolute atomic E-state index is 0.0961. The van der Waals surface area contributed by atoms with Gasteiger partial charge in [0.05, 0.1) is 6.42 Å². The third-order valence-electron chi connectivity index (χ3n) is 0.957. The van der Waals surface area contributed by atoms with E-state index in [1.807, 2.05) is 0 Å². The zero-order valence-electron chi connectivity index (χ0n) is 4.07. The van der Waals surface area contributed by atoms with Crippen LogP contribution in [0.2, 0.25) is 0 Å². The summed E-state index contributed by atoms with van der Waals surface area (Å²) in [5.74, 6) is -0.551. The maximum atomic E-state index is 10.1. The maximum absolute atomic E-state index is 10.1. The van der Waals surface area contributed by atoms with Crippen LogP contribution in [-0.4, -0.2) is 28.6 Å². The van der Waals surface area contributed by atoms with E-state index >= 15 is 0 Å². The molecule has 0 aromatic carbocycles. The van der Waals surface area contributed by atoms with E-state index in [-0.39, 0.29) is 6.42 Å². The summed E-state index contributed by atoms with van der Waals surface area (Å²) in [5.41, 5.74) is 0. The van der Waals surface area contributed by atoms with Crippen LogP contribution in [0.4, 0.5) is 0 Å². The molecule has 1 heterocycles. The van der Waals surface area contributed by atoms with Crippen LogP contribution < -0.4 is 0 Å². The molecule has 1 rings (SSSR count). The van der Waals surface area contributed by atoms with Crippen molar-refractivity contribution in [2.75, 3.05) is 0 Å². The molecule has 0 spiro atoms. The lowest BCUT2D eigenvalue weighted by molar-refractivity contribution is -0.159. The highest BCUT2D eigenvalue weighted by Crippen LogP contribution is 2.10. The van der Waals surface area contributed by atoms with Crippen LogP contribution in [0, 0.1) is 0 Å². The first-order chi connectivity index (χ1) is 3.70. The fraction of sp³-hybridized carbons (Fsp3) is 0.750. The van der Waals surface area contributed by atoms with Gasteiger partial charge >= 0.3 is 5.97 Å². The Bertz CT molecular complexity index is 98.6. The van der Waals surface area contributed by atoms with E-state index in [0.29, 0.717) is 0 Å². The van der Waals surface area contributed by atoms with Crippen LogP contribution in [0.15, 0.2) is 0 Å². The summed E-state index contributed by atoms with van der Waals surface area (Å²) in [6, 6.07) is 0. The molecule has 1 saturated heterocycles. The summed E-state index contributed by atoms with van der Waals surface area (Å²) in [5, 5.41) is 17.0. The van der Waals surface area contributed by atoms with Gasteiger partial charge in [-0.25, -0.2) is 0 Å². The minimum atomic E-state index is -1.30. The number of aliphatic hydroxyl groups is 2. The van der Waals surface area contributed by atoms with Gasteiger partial charge < -0.3 is 14.9 Å². The largest absolute Gasteiger partial charge is 0.433 e. The average Bonchev–Trinajstić information content (AvgIpc) is 1.85. The number of hydrogen-bond acceptors (Lipinski definition) is 4. The topological polar surface area (TPSA) is 66.8 Å². The Balaban J connectivity index is 2.51. The molecule has 0 radical (unpaired) electrons. The van der Waals surface area contributed by atoms with Crippen molar-refractivity contribution >= 4 is 5.97 Å². The van der Waals surface area contributed by atoms with Gasteiger partial charge in [-0.15, -0.1) is 0 Å². The van der Waals surface area contributed by atoms with Crippen molar-refractivity contribution in [2.45, 2.75) is 18.8 Å². The highest BCUT2D eigenvalue weighted by molar-refractivity contribution is 5.72. The summed E-state index contributed by atoms with van der Waals surface area (Å²) in [4.78, 5) is 10.1. The lowest BCUT2D eigenvalue weighted by Crippen LogP contribution is -2.18. The van der Waals surface area contributed by atoms with Gasteiger partial charge in [-0.05, 0) is 0 Å². The normalized spacial score (nSPS) is 37.5. The van der Waals surface area contributed by atoms with Gasteiger partial charge in [-0.2, -0.15) is 0 Å². The molecule has 0 saturated carbocycles. The highest BCUT2D eigenvalue weighted by Gasteiger charge is 2.30. The second kappa shape index (κ2) is 1.72. The average molecular weight is 118 g/mol. The zero-order valence-corrected chi connectivity index (χ0v) is 4.07. The third-order valence-corrected chi connectivity index (χ3v) is 0.957. The number of esters is 1. The van der Waals surface area contributed by atoms with Gasteiger partial charge in [0.25, 0.3) is 0 Å². The molecule has 0 aliphatic carbocycles. The van der Waals surface area contributed by atoms with Crippen molar-refractivity contribution in [3.8, 4) is 0 Å². The second-order valence-electron chi connectivity index (χ2n) is 1.65. The van der Waals surface area contributed by atoms with E-state index < -0.39 is 18.4 Å². The zero-order chi connectivity index (χ0) is 6.15. The van der Waals surface area contributed by atoms with Crippen LogP contribution in [0.25, 0.3) is 0 Å². The molecule has 4 nitrogen and oxygen atoms in total. The summed E-state index contributed by atoms with van der Waals surface area (Å²) in [6.45, 7) is 0. The Hall–Kier alpha value is -0.610. The van der Waals surface area contributed by atoms with E-state index in [9.17, 15) is 4.79 Å². The van der Waals surface area contributed by atoms with E-state index in [1.54, 1.807) is 0 Å². The van der Waals surface area contributed by atoms with Crippen molar-refractivity contribution in [2.24, 2.45) is 0 Å². The van der Waals surface area contributed by atoms with E-state index in [0.717, 1.165) is 0 Å². The fourth-order valence-electron chi connectivity index (χ4n) is 0.533. The lowest BCUT2D eigenvalue weighted by Gasteiger charge is -2.01. The van der Waals surface area contributed by atoms with Crippen molar-refractivity contribution in [1.29, 1.82) is 0 Å². The first kappa shape index (κ1) is 5.53. The quantitative estimate of drug-likeness (QED) is 0.384. The van der Waals surface area contributed by atoms with Crippen molar-refractivity contribution in [3.63, 3.8) is 0 Å². The van der Waals surface area contributed by atoms with E-state index in [4.69, 9.17) is 10.2 Å². The molecule has 1 unspecified atom stereocenters. The van der Waals surface area contributed by atoms with Crippen molar-refractivity contribution in [3.05, 3.63) is 0 Å². The molecule has 8 heavy (non-hydrogen) atoms. The van der Waals surface area contributed by atoms with Gasteiger partial charge in [0.2, 0.25) is 6.29 Å². The van der Waals surface area contributed by atoms with Gasteiger partial charge in [0, 0.05) is 0 Å². The van der Waals surface area contributed by atoms with E-state index in [1.165, 1.54) is 0 Å². The van der Waals surface area contributed by atoms with Gasteiger partial charge in [0.1, 0.15) is 6.10 Å². The first-order valence-electron chi connectivity index (χ1n) is 2.26. The molecule has 1 fully saturated rings. The molecule has 1 aliphatic rings. The molecule has 2 N–H and O–H groups in total. The number of cyclic esters (lactones) is 1. The molecular weight excluding hydrogens is 112 g/mol. The van der Waals surface area contributed by atoms with Crippen LogP contribution >= 0.6 is 0 Å². The minimum Gasteiger partial charge on any atom is -0.433 e. The molecule has 0 bridgehead atoms. The Labute approximate surface area is 45.7 Å². The molecule has 46 valence electrons. The van der Waals surface area contributed by atoms with Gasteiger partial charge in [-0.3, -0.25) is 4.79 Å². The number of carbonyl (C=O) groups is 1.